The number of halogens is 1. The topological polar surface area (TPSA) is 64.4 Å². The summed E-state index contributed by atoms with van der Waals surface area (Å²) < 4.78 is 29.8. The summed E-state index contributed by atoms with van der Waals surface area (Å²) >= 11 is 1.46. The van der Waals surface area contributed by atoms with Crippen LogP contribution in [0.1, 0.15) is 23.2 Å². The van der Waals surface area contributed by atoms with Gasteiger partial charge in [-0.25, -0.2) is 9.37 Å². The molecule has 0 atom stereocenters. The molecule has 0 bridgehead atoms. The number of aromatic nitrogens is 1. The summed E-state index contributed by atoms with van der Waals surface area (Å²) in [6, 6.07) is 13.0. The molecule has 5 nitrogen and oxygen atoms in total. The Morgan fingerprint density at radius 1 is 1.04 bits per heavy atom. The second-order valence-corrected chi connectivity index (χ2v) is 6.41. The van der Waals surface area contributed by atoms with Gasteiger partial charge in [0.05, 0.1) is 23.9 Å². The normalized spacial score (nSPS) is 10.3. The Kier molecular flexibility index (Phi) is 6.23. The van der Waals surface area contributed by atoms with Crippen LogP contribution >= 0.6 is 11.3 Å². The summed E-state index contributed by atoms with van der Waals surface area (Å²) in [5.74, 6) is 1.38. The van der Waals surface area contributed by atoms with Crippen LogP contribution in [0, 0.1) is 17.1 Å². The highest BCUT2D eigenvalue weighted by atomic mass is 32.1. The number of rotatable bonds is 8. The highest BCUT2D eigenvalue weighted by Crippen LogP contribution is 2.29. The molecule has 0 aliphatic carbocycles. The minimum absolute atomic E-state index is 0.277. The molecule has 27 heavy (non-hydrogen) atoms. The van der Waals surface area contributed by atoms with E-state index in [1.54, 1.807) is 30.3 Å². The van der Waals surface area contributed by atoms with Crippen LogP contribution in [0.4, 0.5) is 4.39 Å². The van der Waals surface area contributed by atoms with Gasteiger partial charge in [0.25, 0.3) is 0 Å². The molecule has 3 rings (SSSR count). The Labute approximate surface area is 160 Å². The Bertz CT molecular complexity index is 935. The average molecular weight is 384 g/mol. The van der Waals surface area contributed by atoms with Crippen molar-refractivity contribution in [3.05, 3.63) is 69.9 Å². The fraction of sp³-hybridized carbons (Fsp3) is 0.200. The van der Waals surface area contributed by atoms with Crippen LogP contribution in [-0.2, 0) is 13.2 Å². The maximum Gasteiger partial charge on any atom is 0.162 e. The van der Waals surface area contributed by atoms with Crippen molar-refractivity contribution < 1.29 is 18.6 Å². The van der Waals surface area contributed by atoms with Crippen LogP contribution in [0.25, 0.3) is 0 Å². The van der Waals surface area contributed by atoms with Crippen molar-refractivity contribution in [3.63, 3.8) is 0 Å². The zero-order chi connectivity index (χ0) is 19.1. The molecule has 0 saturated carbocycles. The lowest BCUT2D eigenvalue weighted by Crippen LogP contribution is -2.01. The van der Waals surface area contributed by atoms with Crippen molar-refractivity contribution in [1.82, 2.24) is 4.98 Å². The van der Waals surface area contributed by atoms with Gasteiger partial charge in [0.1, 0.15) is 29.8 Å². The van der Waals surface area contributed by atoms with Gasteiger partial charge in [-0.1, -0.05) is 0 Å². The predicted molar refractivity (Wildman–Crippen MR) is 99.5 cm³/mol. The van der Waals surface area contributed by atoms with E-state index in [1.165, 1.54) is 23.5 Å². The highest BCUT2D eigenvalue weighted by molar-refractivity contribution is 7.09. The van der Waals surface area contributed by atoms with Gasteiger partial charge in [0.15, 0.2) is 11.5 Å². The van der Waals surface area contributed by atoms with Gasteiger partial charge in [0, 0.05) is 11.4 Å². The van der Waals surface area contributed by atoms with Gasteiger partial charge in [-0.05, 0) is 43.3 Å². The lowest BCUT2D eigenvalue weighted by Gasteiger charge is -2.11. The van der Waals surface area contributed by atoms with Crippen molar-refractivity contribution in [2.75, 3.05) is 6.61 Å². The molecule has 3 aromatic rings. The molecule has 0 aliphatic heterocycles. The van der Waals surface area contributed by atoms with E-state index in [-0.39, 0.29) is 12.4 Å². The fourth-order valence-corrected chi connectivity index (χ4v) is 2.96. The van der Waals surface area contributed by atoms with Crippen molar-refractivity contribution in [2.45, 2.75) is 20.1 Å². The molecular weight excluding hydrogens is 367 g/mol. The second kappa shape index (κ2) is 9.01. The van der Waals surface area contributed by atoms with Crippen molar-refractivity contribution in [2.24, 2.45) is 0 Å². The van der Waals surface area contributed by atoms with Gasteiger partial charge in [0.2, 0.25) is 0 Å². The Morgan fingerprint density at radius 3 is 2.59 bits per heavy atom. The first-order valence-electron chi connectivity index (χ1n) is 8.29. The number of benzene rings is 2. The molecule has 0 aliphatic rings. The number of hydrogen-bond acceptors (Lipinski definition) is 6. The Hall–Kier alpha value is -3.11. The smallest absolute Gasteiger partial charge is 0.162 e. The first-order valence-corrected chi connectivity index (χ1v) is 9.17. The number of hydrogen-bond donors (Lipinski definition) is 0. The fourth-order valence-electron chi connectivity index (χ4n) is 2.27. The van der Waals surface area contributed by atoms with Crippen LogP contribution in [0.5, 0.6) is 17.2 Å². The molecule has 0 saturated heterocycles. The number of nitriles is 1. The van der Waals surface area contributed by atoms with E-state index in [0.717, 1.165) is 10.7 Å². The van der Waals surface area contributed by atoms with Gasteiger partial charge in [-0.3, -0.25) is 0 Å². The monoisotopic (exact) mass is 384 g/mol. The van der Waals surface area contributed by atoms with Gasteiger partial charge in [-0.2, -0.15) is 5.26 Å². The molecule has 0 unspecified atom stereocenters. The van der Waals surface area contributed by atoms with Crippen LogP contribution in [0.15, 0.2) is 47.8 Å². The lowest BCUT2D eigenvalue weighted by atomic mass is 10.2. The molecule has 0 radical (unpaired) electrons. The SMILES string of the molecule is CCOc1cc(C#N)ccc1OCc1csc(COc2ccc(F)cc2)n1. The molecule has 0 fully saturated rings. The van der Waals surface area contributed by atoms with E-state index in [4.69, 9.17) is 19.5 Å². The molecular formula is C20H17FN2O3S. The third-order valence-corrected chi connectivity index (χ3v) is 4.39. The highest BCUT2D eigenvalue weighted by Gasteiger charge is 2.09. The largest absolute Gasteiger partial charge is 0.490 e. The van der Waals surface area contributed by atoms with E-state index in [0.29, 0.717) is 36.0 Å². The van der Waals surface area contributed by atoms with E-state index < -0.39 is 0 Å². The van der Waals surface area contributed by atoms with Crippen molar-refractivity contribution in [3.8, 4) is 23.3 Å². The molecule has 0 spiro atoms. The molecule has 7 heteroatoms. The van der Waals surface area contributed by atoms with E-state index in [9.17, 15) is 4.39 Å². The average Bonchev–Trinajstić information content (AvgIpc) is 3.14. The van der Waals surface area contributed by atoms with Gasteiger partial charge in [-0.15, -0.1) is 11.3 Å². The van der Waals surface area contributed by atoms with Crippen molar-refractivity contribution >= 4 is 11.3 Å². The second-order valence-electron chi connectivity index (χ2n) is 5.47. The Morgan fingerprint density at radius 2 is 1.85 bits per heavy atom. The summed E-state index contributed by atoms with van der Waals surface area (Å²) in [5.41, 5.74) is 1.28. The number of ether oxygens (including phenoxy) is 3. The molecule has 1 aromatic heterocycles. The number of nitrogens with zero attached hydrogens (tertiary/aromatic N) is 2. The summed E-state index contributed by atoms with van der Waals surface area (Å²) in [7, 11) is 0. The maximum atomic E-state index is 12.9. The van der Waals surface area contributed by atoms with Crippen LogP contribution in [0.3, 0.4) is 0 Å². The van der Waals surface area contributed by atoms with Gasteiger partial charge >= 0.3 is 0 Å². The standard InChI is InChI=1S/C20H17FN2O3S/c1-2-24-19-9-14(10-22)3-8-18(19)26-11-16-13-27-20(23-16)12-25-17-6-4-15(21)5-7-17/h3-9,13H,2,11-12H2,1H3. The minimum atomic E-state index is -0.301. The third kappa shape index (κ3) is 5.19. The maximum absolute atomic E-state index is 12.9. The van der Waals surface area contributed by atoms with Crippen molar-refractivity contribution in [1.29, 1.82) is 5.26 Å². The first-order chi connectivity index (χ1) is 13.2. The quantitative estimate of drug-likeness (QED) is 0.563. The molecule has 0 N–H and O–H groups in total. The van der Waals surface area contributed by atoms with Gasteiger partial charge < -0.3 is 14.2 Å². The summed E-state index contributed by atoms with van der Waals surface area (Å²) in [5, 5.41) is 11.7. The molecule has 2 aromatic carbocycles. The minimum Gasteiger partial charge on any atom is -0.490 e. The van der Waals surface area contributed by atoms with E-state index in [1.807, 2.05) is 12.3 Å². The molecule has 138 valence electrons. The zero-order valence-corrected chi connectivity index (χ0v) is 15.5. The summed E-state index contributed by atoms with van der Waals surface area (Å²) in [6.45, 7) is 2.93. The molecule has 0 amide bonds. The Balaban J connectivity index is 1.58. The van der Waals surface area contributed by atoms with Crippen LogP contribution in [0.2, 0.25) is 0 Å². The summed E-state index contributed by atoms with van der Waals surface area (Å²) in [4.78, 5) is 4.47. The zero-order valence-electron chi connectivity index (χ0n) is 14.6. The first kappa shape index (κ1) is 18.7. The molecule has 1 heterocycles. The predicted octanol–water partition coefficient (Wildman–Crippen LogP) is 4.71. The van der Waals surface area contributed by atoms with E-state index >= 15 is 0 Å². The van der Waals surface area contributed by atoms with E-state index in [2.05, 4.69) is 11.1 Å². The van der Waals surface area contributed by atoms with Crippen LogP contribution in [-0.4, -0.2) is 11.6 Å². The summed E-state index contributed by atoms with van der Waals surface area (Å²) in [6.07, 6.45) is 0. The number of thiazole rings is 1. The lowest BCUT2D eigenvalue weighted by molar-refractivity contribution is 0.265. The third-order valence-electron chi connectivity index (χ3n) is 3.52. The van der Waals surface area contributed by atoms with Crippen LogP contribution < -0.4 is 14.2 Å².